The SMILES string of the molecule is CC(=O)Oc1c(O)c(CC(C)O)c(O)c2c1[C@@]1(C)C[C@@H](OC(C)=O)CC(C)(C)C1=C(O)C2=O. The summed E-state index contributed by atoms with van der Waals surface area (Å²) in [4.78, 5) is 37.0. The normalized spacial score (nSPS) is 24.6. The first-order valence-electron chi connectivity index (χ1n) is 10.8. The lowest BCUT2D eigenvalue weighted by Crippen LogP contribution is -2.49. The van der Waals surface area contributed by atoms with E-state index in [1.807, 2.05) is 0 Å². The number of aliphatic hydroxyl groups is 2. The zero-order valence-electron chi connectivity index (χ0n) is 19.6. The molecule has 0 amide bonds. The van der Waals surface area contributed by atoms with Crippen molar-refractivity contribution in [3.05, 3.63) is 28.0 Å². The monoisotopic (exact) mass is 462 g/mol. The van der Waals surface area contributed by atoms with Crippen LogP contribution in [0.2, 0.25) is 0 Å². The van der Waals surface area contributed by atoms with Crippen LogP contribution >= 0.6 is 0 Å². The lowest BCUT2D eigenvalue weighted by Gasteiger charge is -2.51. The van der Waals surface area contributed by atoms with Gasteiger partial charge in [0.2, 0.25) is 5.78 Å². The van der Waals surface area contributed by atoms with E-state index in [4.69, 9.17) is 9.47 Å². The van der Waals surface area contributed by atoms with Crippen molar-refractivity contribution >= 4 is 17.7 Å². The van der Waals surface area contributed by atoms with Gasteiger partial charge in [-0.25, -0.2) is 0 Å². The van der Waals surface area contributed by atoms with E-state index in [9.17, 15) is 34.8 Å². The van der Waals surface area contributed by atoms with E-state index in [1.165, 1.54) is 13.8 Å². The summed E-state index contributed by atoms with van der Waals surface area (Å²) in [7, 11) is 0. The number of carbonyl (C=O) groups is 3. The predicted octanol–water partition coefficient (Wildman–Crippen LogP) is 2.96. The molecule has 0 aromatic heterocycles. The Balaban J connectivity index is 2.43. The lowest BCUT2D eigenvalue weighted by atomic mass is 9.53. The Morgan fingerprint density at radius 3 is 2.18 bits per heavy atom. The molecule has 33 heavy (non-hydrogen) atoms. The Bertz CT molecular complexity index is 1080. The number of ether oxygens (including phenoxy) is 2. The van der Waals surface area contributed by atoms with Crippen LogP contribution in [0.4, 0.5) is 0 Å². The van der Waals surface area contributed by atoms with Gasteiger partial charge in [-0.1, -0.05) is 20.8 Å². The molecule has 9 nitrogen and oxygen atoms in total. The van der Waals surface area contributed by atoms with Gasteiger partial charge >= 0.3 is 11.9 Å². The zero-order valence-corrected chi connectivity index (χ0v) is 19.6. The van der Waals surface area contributed by atoms with Crippen molar-refractivity contribution in [3.63, 3.8) is 0 Å². The van der Waals surface area contributed by atoms with E-state index in [-0.39, 0.29) is 35.3 Å². The standard InChI is InChI=1S/C24H30O9/c1-10(25)7-14-17(28)15-16(21(18(14)29)33-12(3)27)24(6)9-13(32-11(2)26)8-23(4,5)22(24)20(31)19(15)30/h10,13,25,28-29,31H,7-9H2,1-6H3/t10?,13-,24+/m0/s1. The molecule has 9 heteroatoms. The zero-order chi connectivity index (χ0) is 25.0. The Kier molecular flexibility index (Phi) is 6.00. The van der Waals surface area contributed by atoms with Crippen molar-refractivity contribution in [1.82, 2.24) is 0 Å². The number of rotatable bonds is 4. The smallest absolute Gasteiger partial charge is 0.308 e. The summed E-state index contributed by atoms with van der Waals surface area (Å²) >= 11 is 0. The molecule has 0 aliphatic heterocycles. The molecule has 1 aromatic carbocycles. The summed E-state index contributed by atoms with van der Waals surface area (Å²) in [6, 6.07) is 0. The fourth-order valence-electron chi connectivity index (χ4n) is 5.64. The third-order valence-corrected chi connectivity index (χ3v) is 6.41. The fraction of sp³-hybridized carbons (Fsp3) is 0.542. The number of phenolic OH excluding ortho intramolecular Hbond substituents is 2. The van der Waals surface area contributed by atoms with Crippen LogP contribution < -0.4 is 4.74 Å². The average Bonchev–Trinajstić information content (AvgIpc) is 2.63. The minimum Gasteiger partial charge on any atom is -0.507 e. The van der Waals surface area contributed by atoms with E-state index in [0.29, 0.717) is 12.0 Å². The highest BCUT2D eigenvalue weighted by molar-refractivity contribution is 6.14. The molecule has 4 N–H and O–H groups in total. The van der Waals surface area contributed by atoms with Crippen LogP contribution in [0.3, 0.4) is 0 Å². The van der Waals surface area contributed by atoms with Gasteiger partial charge in [0.1, 0.15) is 11.9 Å². The van der Waals surface area contributed by atoms with Crippen LogP contribution in [0.15, 0.2) is 11.3 Å². The minimum absolute atomic E-state index is 0.0322. The molecular weight excluding hydrogens is 432 g/mol. The number of phenols is 2. The number of Topliss-reactive ketones (excluding diaryl/α,β-unsaturated/α-hetero) is 1. The lowest BCUT2D eigenvalue weighted by molar-refractivity contribution is -0.149. The average molecular weight is 462 g/mol. The summed E-state index contributed by atoms with van der Waals surface area (Å²) in [6.45, 7) is 9.09. The van der Waals surface area contributed by atoms with Crippen molar-refractivity contribution < 1.29 is 44.3 Å². The molecule has 180 valence electrons. The maximum absolute atomic E-state index is 13.3. The molecule has 0 spiro atoms. The Morgan fingerprint density at radius 2 is 1.67 bits per heavy atom. The van der Waals surface area contributed by atoms with Crippen LogP contribution in [-0.4, -0.2) is 50.4 Å². The number of hydrogen-bond donors (Lipinski definition) is 4. The Labute approximate surface area is 191 Å². The molecule has 1 aromatic rings. The van der Waals surface area contributed by atoms with Gasteiger partial charge in [-0.2, -0.15) is 0 Å². The molecule has 3 atom stereocenters. The van der Waals surface area contributed by atoms with Crippen LogP contribution in [0.5, 0.6) is 17.2 Å². The van der Waals surface area contributed by atoms with Gasteiger partial charge in [0.15, 0.2) is 17.3 Å². The van der Waals surface area contributed by atoms with Crippen LogP contribution in [0.25, 0.3) is 0 Å². The number of aromatic hydroxyl groups is 2. The predicted molar refractivity (Wildman–Crippen MR) is 116 cm³/mol. The summed E-state index contributed by atoms with van der Waals surface area (Å²) in [5, 5.41) is 42.9. The van der Waals surface area contributed by atoms with Crippen molar-refractivity contribution in [1.29, 1.82) is 0 Å². The van der Waals surface area contributed by atoms with Crippen LogP contribution in [0.1, 0.15) is 75.9 Å². The van der Waals surface area contributed by atoms with Crippen molar-refractivity contribution in [2.45, 2.75) is 78.4 Å². The summed E-state index contributed by atoms with van der Waals surface area (Å²) in [5.41, 5.74) is -2.18. The number of aliphatic hydroxyl groups excluding tert-OH is 2. The largest absolute Gasteiger partial charge is 0.507 e. The fourth-order valence-corrected chi connectivity index (χ4v) is 5.64. The van der Waals surface area contributed by atoms with Crippen molar-refractivity contribution in [3.8, 4) is 17.2 Å². The number of allylic oxidation sites excluding steroid dienone is 2. The number of fused-ring (bicyclic) bond motifs is 3. The van der Waals surface area contributed by atoms with Gasteiger partial charge in [-0.15, -0.1) is 0 Å². The number of ketones is 1. The van der Waals surface area contributed by atoms with Crippen molar-refractivity contribution in [2.24, 2.45) is 5.41 Å². The third kappa shape index (κ3) is 3.94. The van der Waals surface area contributed by atoms with E-state index >= 15 is 0 Å². The van der Waals surface area contributed by atoms with Gasteiger partial charge < -0.3 is 29.9 Å². The molecule has 0 heterocycles. The molecule has 1 unspecified atom stereocenters. The maximum atomic E-state index is 13.3. The molecule has 3 rings (SSSR count). The van der Waals surface area contributed by atoms with Gasteiger partial charge in [-0.3, -0.25) is 14.4 Å². The second-order valence-electron chi connectivity index (χ2n) is 9.81. The molecule has 2 aliphatic carbocycles. The Morgan fingerprint density at radius 1 is 1.06 bits per heavy atom. The first-order chi connectivity index (χ1) is 15.1. The topological polar surface area (TPSA) is 151 Å². The van der Waals surface area contributed by atoms with Gasteiger partial charge in [0.25, 0.3) is 0 Å². The summed E-state index contributed by atoms with van der Waals surface area (Å²) < 4.78 is 10.8. The molecule has 1 saturated carbocycles. The van der Waals surface area contributed by atoms with Crippen LogP contribution in [-0.2, 0) is 26.2 Å². The summed E-state index contributed by atoms with van der Waals surface area (Å²) in [6.07, 6.45) is -1.40. The minimum atomic E-state index is -1.24. The van der Waals surface area contributed by atoms with Gasteiger partial charge in [-0.05, 0) is 30.8 Å². The molecule has 0 bridgehead atoms. The van der Waals surface area contributed by atoms with Crippen LogP contribution in [0, 0.1) is 5.41 Å². The number of carbonyl (C=O) groups excluding carboxylic acids is 3. The van der Waals surface area contributed by atoms with Crippen molar-refractivity contribution in [2.75, 3.05) is 0 Å². The van der Waals surface area contributed by atoms with Gasteiger partial charge in [0, 0.05) is 36.8 Å². The molecule has 0 saturated heterocycles. The van der Waals surface area contributed by atoms with E-state index in [1.54, 1.807) is 20.8 Å². The maximum Gasteiger partial charge on any atom is 0.308 e. The quantitative estimate of drug-likeness (QED) is 0.391. The molecule has 2 aliphatic rings. The van der Waals surface area contributed by atoms with Gasteiger partial charge in [0.05, 0.1) is 11.7 Å². The number of hydrogen-bond acceptors (Lipinski definition) is 9. The molecular formula is C24H30O9. The highest BCUT2D eigenvalue weighted by Crippen LogP contribution is 2.61. The van der Waals surface area contributed by atoms with E-state index in [2.05, 4.69) is 0 Å². The summed E-state index contributed by atoms with van der Waals surface area (Å²) in [5.74, 6) is -4.21. The molecule has 0 radical (unpaired) electrons. The highest BCUT2D eigenvalue weighted by atomic mass is 16.5. The number of esters is 2. The second-order valence-corrected chi connectivity index (χ2v) is 9.81. The third-order valence-electron chi connectivity index (χ3n) is 6.41. The second kappa shape index (κ2) is 8.06. The highest BCUT2D eigenvalue weighted by Gasteiger charge is 2.56. The Hall–Kier alpha value is -3.07. The molecule has 1 fully saturated rings. The number of benzene rings is 1. The van der Waals surface area contributed by atoms with E-state index < -0.39 is 58.0 Å². The first-order valence-corrected chi connectivity index (χ1v) is 10.8. The first kappa shape index (κ1) is 24.6. The van der Waals surface area contributed by atoms with E-state index in [0.717, 1.165) is 6.92 Å².